The lowest BCUT2D eigenvalue weighted by atomic mass is 10.4. The summed E-state index contributed by atoms with van der Waals surface area (Å²) in [5, 5.41) is 20.5. The molecule has 0 radical (unpaired) electrons. The van der Waals surface area contributed by atoms with Crippen LogP contribution >= 0.6 is 47.0 Å². The van der Waals surface area contributed by atoms with Crippen LogP contribution in [0.4, 0.5) is 11.4 Å². The summed E-state index contributed by atoms with van der Waals surface area (Å²) < 4.78 is 0. The number of nitrogens with zero attached hydrogens (tertiary/aromatic N) is 4. The fourth-order valence-corrected chi connectivity index (χ4v) is 4.92. The van der Waals surface area contributed by atoms with Gasteiger partial charge in [0, 0.05) is 11.2 Å². The number of hydrogen-bond acceptors (Lipinski definition) is 8. The van der Waals surface area contributed by atoms with Gasteiger partial charge >= 0.3 is 0 Å². The molecule has 0 bridgehead atoms. The SMILES string of the molecule is CCSc1ccc(N=[N+]([O-])c2ccc(SCC)nc2SCC)c(SCC)n1. The Balaban J connectivity index is 2.41. The summed E-state index contributed by atoms with van der Waals surface area (Å²) >= 11 is 6.49. The third-order valence-corrected chi connectivity index (χ3v) is 6.53. The topological polar surface area (TPSA) is 64.2 Å². The van der Waals surface area contributed by atoms with Gasteiger partial charge in [-0.05, 0) is 46.1 Å². The first-order chi connectivity index (χ1) is 13.1. The van der Waals surface area contributed by atoms with Crippen molar-refractivity contribution in [3.63, 3.8) is 0 Å². The van der Waals surface area contributed by atoms with Gasteiger partial charge in [-0.15, -0.1) is 35.3 Å². The Hall–Kier alpha value is -0.900. The van der Waals surface area contributed by atoms with Crippen LogP contribution < -0.4 is 0 Å². The van der Waals surface area contributed by atoms with Crippen LogP contribution in [0.3, 0.4) is 0 Å². The minimum Gasteiger partial charge on any atom is -0.594 e. The summed E-state index contributed by atoms with van der Waals surface area (Å²) in [5.41, 5.74) is 1.07. The zero-order valence-electron chi connectivity index (χ0n) is 16.0. The van der Waals surface area contributed by atoms with Crippen LogP contribution in [0.2, 0.25) is 0 Å². The van der Waals surface area contributed by atoms with Crippen molar-refractivity contribution in [2.75, 3.05) is 23.0 Å². The second kappa shape index (κ2) is 11.8. The molecule has 2 aromatic heterocycles. The van der Waals surface area contributed by atoms with Gasteiger partial charge < -0.3 is 5.21 Å². The Morgan fingerprint density at radius 1 is 0.778 bits per heavy atom. The molecule has 0 aliphatic heterocycles. The van der Waals surface area contributed by atoms with E-state index in [4.69, 9.17) is 0 Å². The molecule has 0 aliphatic rings. The molecule has 0 atom stereocenters. The van der Waals surface area contributed by atoms with Crippen molar-refractivity contribution < 1.29 is 4.86 Å². The summed E-state index contributed by atoms with van der Waals surface area (Å²) in [5.74, 6) is 3.61. The summed E-state index contributed by atoms with van der Waals surface area (Å²) in [6, 6.07) is 7.47. The maximum Gasteiger partial charge on any atom is 0.276 e. The molecular weight excluding hydrogens is 416 g/mol. The summed E-state index contributed by atoms with van der Waals surface area (Å²) in [6.07, 6.45) is 0. The predicted octanol–water partition coefficient (Wildman–Crippen LogP) is 6.85. The van der Waals surface area contributed by atoms with Crippen LogP contribution in [0.25, 0.3) is 0 Å². The maximum atomic E-state index is 12.8. The predicted molar refractivity (Wildman–Crippen MR) is 119 cm³/mol. The molecule has 9 heteroatoms. The fourth-order valence-electron chi connectivity index (χ4n) is 2.15. The highest BCUT2D eigenvalue weighted by molar-refractivity contribution is 8.00. The molecule has 0 aromatic carbocycles. The highest BCUT2D eigenvalue weighted by Crippen LogP contribution is 2.34. The van der Waals surface area contributed by atoms with Crippen LogP contribution in [-0.2, 0) is 0 Å². The van der Waals surface area contributed by atoms with E-state index in [-0.39, 0.29) is 0 Å². The van der Waals surface area contributed by atoms with Crippen LogP contribution in [0, 0.1) is 5.21 Å². The Morgan fingerprint density at radius 2 is 1.30 bits per heavy atom. The molecular formula is C18H24N4OS4. The first-order valence-electron chi connectivity index (χ1n) is 8.85. The normalized spacial score (nSPS) is 11.8. The minimum absolute atomic E-state index is 0.474. The number of hydrogen-bond donors (Lipinski definition) is 0. The Kier molecular flexibility index (Phi) is 9.81. The fraction of sp³-hybridized carbons (Fsp3) is 0.444. The highest BCUT2D eigenvalue weighted by Gasteiger charge is 2.17. The van der Waals surface area contributed by atoms with Crippen molar-refractivity contribution in [1.29, 1.82) is 0 Å². The first-order valence-corrected chi connectivity index (χ1v) is 12.8. The van der Waals surface area contributed by atoms with E-state index in [1.165, 1.54) is 0 Å². The van der Waals surface area contributed by atoms with Gasteiger partial charge in [0.2, 0.25) is 0 Å². The molecule has 0 N–H and O–H groups in total. The lowest BCUT2D eigenvalue weighted by molar-refractivity contribution is -0.438. The molecule has 146 valence electrons. The molecule has 2 rings (SSSR count). The standard InChI is InChI=1S/C18H24N4OS4/c1-5-24-15-11-9-13(17(19-15)26-7-3)21-22(23)14-10-12-16(25-6-2)20-18(14)27-8-4/h9-12H,5-8H2,1-4H3. The highest BCUT2D eigenvalue weighted by atomic mass is 32.2. The monoisotopic (exact) mass is 440 g/mol. The van der Waals surface area contributed by atoms with Gasteiger partial charge in [-0.25, -0.2) is 9.97 Å². The molecule has 0 amide bonds. The van der Waals surface area contributed by atoms with Gasteiger partial charge in [-0.3, -0.25) is 0 Å². The third kappa shape index (κ3) is 6.58. The molecule has 5 nitrogen and oxygen atoms in total. The number of azo groups is 1. The average Bonchev–Trinajstić information content (AvgIpc) is 2.65. The molecule has 2 aromatic rings. The minimum atomic E-state index is 0.474. The van der Waals surface area contributed by atoms with E-state index in [1.54, 1.807) is 53.1 Å². The molecule has 0 fully saturated rings. The average molecular weight is 441 g/mol. The van der Waals surface area contributed by atoms with Crippen molar-refractivity contribution >= 4 is 58.4 Å². The molecule has 0 saturated heterocycles. The van der Waals surface area contributed by atoms with Crippen LogP contribution in [0.5, 0.6) is 0 Å². The molecule has 0 saturated carbocycles. The Morgan fingerprint density at radius 3 is 1.89 bits per heavy atom. The van der Waals surface area contributed by atoms with E-state index in [0.29, 0.717) is 21.3 Å². The van der Waals surface area contributed by atoms with E-state index in [0.717, 1.165) is 38.1 Å². The maximum absolute atomic E-state index is 12.8. The number of pyridine rings is 2. The Bertz CT molecular complexity index is 786. The largest absolute Gasteiger partial charge is 0.594 e. The first kappa shape index (κ1) is 22.4. The second-order valence-corrected chi connectivity index (χ2v) is 10.1. The molecule has 0 spiro atoms. The molecule has 0 unspecified atom stereocenters. The van der Waals surface area contributed by atoms with Gasteiger partial charge in [-0.1, -0.05) is 39.5 Å². The van der Waals surface area contributed by atoms with Gasteiger partial charge in [-0.2, -0.15) is 0 Å². The third-order valence-electron chi connectivity index (χ3n) is 3.18. The van der Waals surface area contributed by atoms with E-state index < -0.39 is 0 Å². The quantitative estimate of drug-likeness (QED) is 0.173. The van der Waals surface area contributed by atoms with Crippen LogP contribution in [0.1, 0.15) is 27.7 Å². The zero-order valence-corrected chi connectivity index (χ0v) is 19.2. The molecule has 0 aliphatic carbocycles. The van der Waals surface area contributed by atoms with Crippen molar-refractivity contribution in [2.45, 2.75) is 47.8 Å². The van der Waals surface area contributed by atoms with Crippen LogP contribution in [-0.4, -0.2) is 37.8 Å². The summed E-state index contributed by atoms with van der Waals surface area (Å²) in [4.78, 5) is 9.93. The van der Waals surface area contributed by atoms with E-state index in [1.807, 2.05) is 25.1 Å². The van der Waals surface area contributed by atoms with Crippen molar-refractivity contribution in [3.05, 3.63) is 29.5 Å². The van der Waals surface area contributed by atoms with Gasteiger partial charge in [0.25, 0.3) is 5.69 Å². The van der Waals surface area contributed by atoms with E-state index in [9.17, 15) is 5.21 Å². The van der Waals surface area contributed by atoms with Gasteiger partial charge in [0.15, 0.2) is 10.7 Å². The summed E-state index contributed by atoms with van der Waals surface area (Å²) in [7, 11) is 0. The van der Waals surface area contributed by atoms with Crippen molar-refractivity contribution in [3.8, 4) is 0 Å². The van der Waals surface area contributed by atoms with Crippen LogP contribution in [0.15, 0.2) is 49.5 Å². The number of aromatic nitrogens is 2. The zero-order chi connectivity index (χ0) is 19.6. The lowest BCUT2D eigenvalue weighted by Crippen LogP contribution is -1.97. The lowest BCUT2D eigenvalue weighted by Gasteiger charge is -2.08. The van der Waals surface area contributed by atoms with Gasteiger partial charge in [0.05, 0.1) is 10.1 Å². The Labute approximate surface area is 178 Å². The smallest absolute Gasteiger partial charge is 0.276 e. The van der Waals surface area contributed by atoms with E-state index >= 15 is 0 Å². The molecule has 2 heterocycles. The second-order valence-electron chi connectivity index (χ2n) is 5.05. The summed E-state index contributed by atoms with van der Waals surface area (Å²) in [6.45, 7) is 8.29. The number of rotatable bonds is 10. The van der Waals surface area contributed by atoms with Crippen molar-refractivity contribution in [2.24, 2.45) is 5.11 Å². The van der Waals surface area contributed by atoms with Crippen molar-refractivity contribution in [1.82, 2.24) is 9.97 Å². The van der Waals surface area contributed by atoms with E-state index in [2.05, 4.69) is 35.9 Å². The number of thioether (sulfide) groups is 4. The van der Waals surface area contributed by atoms with Gasteiger partial charge in [0.1, 0.15) is 5.03 Å². The molecule has 27 heavy (non-hydrogen) atoms.